The maximum absolute atomic E-state index is 12.0. The molecule has 2 amide bonds. The van der Waals surface area contributed by atoms with Crippen molar-refractivity contribution in [3.05, 3.63) is 71.8 Å². The van der Waals surface area contributed by atoms with Crippen molar-refractivity contribution in [1.29, 1.82) is 0 Å². The predicted molar refractivity (Wildman–Crippen MR) is 97.1 cm³/mol. The lowest BCUT2D eigenvalue weighted by molar-refractivity contribution is 0.0365. The molecule has 3 N–H and O–H groups in total. The lowest BCUT2D eigenvalue weighted by atomic mass is 9.93. The molecule has 0 spiro atoms. The van der Waals surface area contributed by atoms with Crippen LogP contribution in [0.5, 0.6) is 0 Å². The van der Waals surface area contributed by atoms with Crippen LogP contribution in [0.3, 0.4) is 0 Å². The van der Waals surface area contributed by atoms with Crippen LogP contribution in [-0.4, -0.2) is 35.5 Å². The average Bonchev–Trinajstić information content (AvgIpc) is 2.62. The number of cyclic esters (lactones) is 1. The van der Waals surface area contributed by atoms with Gasteiger partial charge in [0.05, 0.1) is 6.04 Å². The van der Waals surface area contributed by atoms with Crippen LogP contribution in [0.25, 0.3) is 0 Å². The third kappa shape index (κ3) is 4.99. The van der Waals surface area contributed by atoms with Gasteiger partial charge in [-0.2, -0.15) is 0 Å². The van der Waals surface area contributed by atoms with Gasteiger partial charge in [-0.15, -0.1) is 0 Å². The standard InChI is InChI=1S/C20H22N2O4/c23-19(24)22-17(12-15-9-5-2-6-10-15)18-13-16(21-20(25)26-18)11-14-7-3-1-4-8-14/h1-10,16-18,22H,11-13H2,(H,21,25)(H,23,24). The Kier molecular flexibility index (Phi) is 5.73. The Morgan fingerprint density at radius 1 is 1.12 bits per heavy atom. The molecule has 0 aromatic heterocycles. The summed E-state index contributed by atoms with van der Waals surface area (Å²) in [6, 6.07) is 18.8. The highest BCUT2D eigenvalue weighted by Crippen LogP contribution is 2.20. The van der Waals surface area contributed by atoms with Gasteiger partial charge in [-0.3, -0.25) is 0 Å². The number of hydrogen-bond donors (Lipinski definition) is 3. The fourth-order valence-electron chi connectivity index (χ4n) is 3.31. The van der Waals surface area contributed by atoms with Crippen LogP contribution in [0.2, 0.25) is 0 Å². The molecule has 136 valence electrons. The summed E-state index contributed by atoms with van der Waals surface area (Å²) in [7, 11) is 0. The summed E-state index contributed by atoms with van der Waals surface area (Å²) in [5.74, 6) is 0. The molecular formula is C20H22N2O4. The van der Waals surface area contributed by atoms with Gasteiger partial charge in [0, 0.05) is 12.5 Å². The first-order valence-corrected chi connectivity index (χ1v) is 8.64. The molecule has 3 rings (SSSR count). The van der Waals surface area contributed by atoms with Crippen molar-refractivity contribution in [2.45, 2.75) is 37.5 Å². The highest BCUT2D eigenvalue weighted by Gasteiger charge is 2.34. The molecule has 2 aromatic rings. The first-order chi connectivity index (χ1) is 12.6. The van der Waals surface area contributed by atoms with Gasteiger partial charge in [0.15, 0.2) is 0 Å². The molecule has 0 bridgehead atoms. The third-order valence-corrected chi connectivity index (χ3v) is 4.48. The summed E-state index contributed by atoms with van der Waals surface area (Å²) in [5.41, 5.74) is 2.10. The van der Waals surface area contributed by atoms with E-state index in [1.165, 1.54) is 0 Å². The van der Waals surface area contributed by atoms with E-state index in [4.69, 9.17) is 4.74 Å². The van der Waals surface area contributed by atoms with Crippen LogP contribution in [0, 0.1) is 0 Å². The Hall–Kier alpha value is -3.02. The number of carboxylic acid groups (broad SMARTS) is 1. The van der Waals surface area contributed by atoms with Crippen molar-refractivity contribution in [2.24, 2.45) is 0 Å². The fraction of sp³-hybridized carbons (Fsp3) is 0.300. The molecule has 3 atom stereocenters. The smallest absolute Gasteiger partial charge is 0.407 e. The number of amides is 2. The topological polar surface area (TPSA) is 87.7 Å². The van der Waals surface area contributed by atoms with Crippen LogP contribution in [0.15, 0.2) is 60.7 Å². The molecule has 6 heteroatoms. The molecule has 1 saturated heterocycles. The van der Waals surface area contributed by atoms with Crippen molar-refractivity contribution in [1.82, 2.24) is 10.6 Å². The molecule has 1 heterocycles. The van der Waals surface area contributed by atoms with E-state index in [0.29, 0.717) is 19.3 Å². The second kappa shape index (κ2) is 8.38. The summed E-state index contributed by atoms with van der Waals surface area (Å²) in [5, 5.41) is 14.5. The van der Waals surface area contributed by atoms with E-state index in [0.717, 1.165) is 11.1 Å². The maximum atomic E-state index is 12.0. The Morgan fingerprint density at radius 2 is 1.73 bits per heavy atom. The lowest BCUT2D eigenvalue weighted by Gasteiger charge is -2.35. The highest BCUT2D eigenvalue weighted by molar-refractivity contribution is 5.69. The predicted octanol–water partition coefficient (Wildman–Crippen LogP) is 2.98. The Bertz CT molecular complexity index is 736. The summed E-state index contributed by atoms with van der Waals surface area (Å²) in [4.78, 5) is 23.2. The quantitative estimate of drug-likeness (QED) is 0.744. The minimum Gasteiger partial charge on any atom is -0.465 e. The molecule has 1 fully saturated rings. The number of carbonyl (C=O) groups is 2. The first-order valence-electron chi connectivity index (χ1n) is 8.64. The van der Waals surface area contributed by atoms with Crippen LogP contribution in [-0.2, 0) is 17.6 Å². The average molecular weight is 354 g/mol. The number of alkyl carbamates (subject to hydrolysis) is 1. The van der Waals surface area contributed by atoms with E-state index in [-0.39, 0.29) is 6.04 Å². The van der Waals surface area contributed by atoms with Crippen LogP contribution in [0.1, 0.15) is 17.5 Å². The number of rotatable bonds is 6. The van der Waals surface area contributed by atoms with Crippen molar-refractivity contribution in [3.63, 3.8) is 0 Å². The number of nitrogens with one attached hydrogen (secondary N) is 2. The number of carbonyl (C=O) groups excluding carboxylic acids is 1. The van der Waals surface area contributed by atoms with Gasteiger partial charge >= 0.3 is 12.2 Å². The highest BCUT2D eigenvalue weighted by atomic mass is 16.6. The molecular weight excluding hydrogens is 332 g/mol. The Morgan fingerprint density at radius 3 is 2.35 bits per heavy atom. The molecule has 0 radical (unpaired) electrons. The molecule has 1 aliphatic rings. The second-order valence-electron chi connectivity index (χ2n) is 6.46. The summed E-state index contributed by atoms with van der Waals surface area (Å²) in [6.07, 6.45) is -0.472. The SMILES string of the molecule is O=C(O)NC(Cc1ccccc1)C1CC(Cc2ccccc2)NC(=O)O1. The van der Waals surface area contributed by atoms with Crippen LogP contribution < -0.4 is 10.6 Å². The van der Waals surface area contributed by atoms with E-state index in [9.17, 15) is 14.7 Å². The lowest BCUT2D eigenvalue weighted by Crippen LogP contribution is -2.55. The minimum atomic E-state index is -1.12. The van der Waals surface area contributed by atoms with E-state index >= 15 is 0 Å². The largest absolute Gasteiger partial charge is 0.465 e. The van der Waals surface area contributed by atoms with Gasteiger partial charge in [0.25, 0.3) is 0 Å². The van der Waals surface area contributed by atoms with Gasteiger partial charge < -0.3 is 20.5 Å². The van der Waals surface area contributed by atoms with Crippen molar-refractivity contribution in [3.8, 4) is 0 Å². The Labute approximate surface area is 152 Å². The van der Waals surface area contributed by atoms with E-state index in [1.54, 1.807) is 0 Å². The van der Waals surface area contributed by atoms with E-state index in [1.807, 2.05) is 60.7 Å². The summed E-state index contributed by atoms with van der Waals surface area (Å²) < 4.78 is 5.41. The van der Waals surface area contributed by atoms with Crippen molar-refractivity contribution in [2.75, 3.05) is 0 Å². The van der Waals surface area contributed by atoms with Crippen LogP contribution in [0.4, 0.5) is 9.59 Å². The summed E-state index contributed by atoms with van der Waals surface area (Å²) >= 11 is 0. The number of benzene rings is 2. The first kappa shape index (κ1) is 17.8. The molecule has 1 aliphatic heterocycles. The van der Waals surface area contributed by atoms with E-state index < -0.39 is 24.3 Å². The van der Waals surface area contributed by atoms with Gasteiger partial charge in [0.2, 0.25) is 0 Å². The van der Waals surface area contributed by atoms with Gasteiger partial charge in [-0.1, -0.05) is 60.7 Å². The third-order valence-electron chi connectivity index (χ3n) is 4.48. The molecule has 2 aromatic carbocycles. The maximum Gasteiger partial charge on any atom is 0.407 e. The zero-order valence-electron chi connectivity index (χ0n) is 14.3. The van der Waals surface area contributed by atoms with Crippen molar-refractivity contribution >= 4 is 12.2 Å². The van der Waals surface area contributed by atoms with Crippen molar-refractivity contribution < 1.29 is 19.4 Å². The zero-order chi connectivity index (χ0) is 18.4. The monoisotopic (exact) mass is 354 g/mol. The fourth-order valence-corrected chi connectivity index (χ4v) is 3.31. The molecule has 26 heavy (non-hydrogen) atoms. The molecule has 0 aliphatic carbocycles. The number of ether oxygens (including phenoxy) is 1. The van der Waals surface area contributed by atoms with Gasteiger partial charge in [-0.05, 0) is 24.0 Å². The van der Waals surface area contributed by atoms with Crippen LogP contribution >= 0.6 is 0 Å². The summed E-state index contributed by atoms with van der Waals surface area (Å²) in [6.45, 7) is 0. The second-order valence-corrected chi connectivity index (χ2v) is 6.46. The van der Waals surface area contributed by atoms with Gasteiger partial charge in [0.1, 0.15) is 6.10 Å². The van der Waals surface area contributed by atoms with E-state index in [2.05, 4.69) is 10.6 Å². The van der Waals surface area contributed by atoms with Gasteiger partial charge in [-0.25, -0.2) is 9.59 Å². The molecule has 3 unspecified atom stereocenters. The molecule has 6 nitrogen and oxygen atoms in total. The molecule has 0 saturated carbocycles. The Balaban J connectivity index is 1.72. The zero-order valence-corrected chi connectivity index (χ0v) is 14.3. The number of hydrogen-bond acceptors (Lipinski definition) is 3. The minimum absolute atomic E-state index is 0.0995. The normalized spacial score (nSPS) is 20.5.